The summed E-state index contributed by atoms with van der Waals surface area (Å²) < 4.78 is 4.93. The molecule has 1 heterocycles. The number of nitrogens with one attached hydrogen (secondary N) is 1. The van der Waals surface area contributed by atoms with E-state index < -0.39 is 10.8 Å². The van der Waals surface area contributed by atoms with Crippen LogP contribution in [-0.2, 0) is 11.2 Å². The minimum absolute atomic E-state index is 0.257. The van der Waals surface area contributed by atoms with Gasteiger partial charge >= 0.3 is 5.85 Å². The average molecular weight is 194 g/mol. The van der Waals surface area contributed by atoms with E-state index in [1.165, 1.54) is 7.11 Å². The van der Waals surface area contributed by atoms with Gasteiger partial charge in [0.1, 0.15) is 0 Å². The quantitative estimate of drug-likeness (QED) is 0.437. The molecule has 1 unspecified atom stereocenters. The normalized spacial score (nSPS) is 24.1. The van der Waals surface area contributed by atoms with E-state index in [9.17, 15) is 10.1 Å². The van der Waals surface area contributed by atoms with Crippen LogP contribution < -0.4 is 5.32 Å². The maximum atomic E-state index is 10.8. The molecule has 5 heteroatoms. The Kier molecular flexibility index (Phi) is 1.89. The molecule has 0 aromatic heterocycles. The van der Waals surface area contributed by atoms with Crippen molar-refractivity contribution in [2.45, 2.75) is 12.3 Å². The largest absolute Gasteiger partial charge is 0.410 e. The number of ether oxygens (including phenoxy) is 1. The maximum Gasteiger partial charge on any atom is 0.410 e. The van der Waals surface area contributed by atoms with Crippen LogP contribution in [0.5, 0.6) is 0 Å². The van der Waals surface area contributed by atoms with Crippen molar-refractivity contribution < 1.29 is 9.66 Å². The van der Waals surface area contributed by atoms with E-state index >= 15 is 0 Å². The lowest BCUT2D eigenvalue weighted by molar-refractivity contribution is -0.616. The van der Waals surface area contributed by atoms with Crippen LogP contribution in [0.4, 0.5) is 5.69 Å². The maximum absolute atomic E-state index is 10.8. The first kappa shape index (κ1) is 8.96. The van der Waals surface area contributed by atoms with E-state index in [0.717, 1.165) is 11.3 Å². The molecule has 0 saturated heterocycles. The van der Waals surface area contributed by atoms with Crippen molar-refractivity contribution in [3.05, 3.63) is 39.9 Å². The lowest BCUT2D eigenvalue weighted by Gasteiger charge is -2.17. The fourth-order valence-electron chi connectivity index (χ4n) is 1.62. The van der Waals surface area contributed by atoms with Crippen LogP contribution in [-0.4, -0.2) is 17.9 Å². The Morgan fingerprint density at radius 3 is 2.86 bits per heavy atom. The molecular formula is C9H10N2O3. The van der Waals surface area contributed by atoms with Crippen LogP contribution in [0.1, 0.15) is 5.56 Å². The summed E-state index contributed by atoms with van der Waals surface area (Å²) >= 11 is 0. The summed E-state index contributed by atoms with van der Waals surface area (Å²) in [6.07, 6.45) is 0.257. The van der Waals surface area contributed by atoms with Gasteiger partial charge in [0.2, 0.25) is 0 Å². The molecule has 1 aromatic rings. The second-order valence-electron chi connectivity index (χ2n) is 3.20. The van der Waals surface area contributed by atoms with Crippen molar-refractivity contribution in [1.82, 2.24) is 0 Å². The molecule has 1 aliphatic rings. The summed E-state index contributed by atoms with van der Waals surface area (Å²) in [6.45, 7) is 0. The van der Waals surface area contributed by atoms with Gasteiger partial charge < -0.3 is 0 Å². The highest BCUT2D eigenvalue weighted by atomic mass is 16.7. The van der Waals surface area contributed by atoms with E-state index in [-0.39, 0.29) is 6.42 Å². The third kappa shape index (κ3) is 1.13. The summed E-state index contributed by atoms with van der Waals surface area (Å²) in [5.74, 6) is -1.48. The minimum atomic E-state index is -1.48. The standard InChI is InChI=1S/C9H10N2O3/c1-14-9(11(12)13)6-7-4-2-3-5-8(7)10-9/h2-5,10H,6H2,1H3. The summed E-state index contributed by atoms with van der Waals surface area (Å²) in [5.41, 5.74) is 1.68. The molecular weight excluding hydrogens is 184 g/mol. The summed E-state index contributed by atoms with van der Waals surface area (Å²) in [7, 11) is 1.34. The van der Waals surface area contributed by atoms with E-state index in [1.54, 1.807) is 6.07 Å². The SMILES string of the molecule is COC1([N+](=O)[O-])Cc2ccccc2N1. The highest BCUT2D eigenvalue weighted by Crippen LogP contribution is 2.32. The molecule has 0 saturated carbocycles. The number of nitrogens with zero attached hydrogens (tertiary/aromatic N) is 1. The Bertz CT molecular complexity index is 353. The Balaban J connectivity index is 2.37. The summed E-state index contributed by atoms with van der Waals surface area (Å²) in [5, 5.41) is 13.6. The Morgan fingerprint density at radius 2 is 2.29 bits per heavy atom. The second-order valence-corrected chi connectivity index (χ2v) is 3.20. The van der Waals surface area contributed by atoms with Crippen molar-refractivity contribution in [1.29, 1.82) is 0 Å². The first-order valence-electron chi connectivity index (χ1n) is 4.24. The minimum Gasteiger partial charge on any atom is -0.300 e. The van der Waals surface area contributed by atoms with Crippen LogP contribution in [0.3, 0.4) is 0 Å². The van der Waals surface area contributed by atoms with E-state index in [1.807, 2.05) is 18.2 Å². The van der Waals surface area contributed by atoms with E-state index in [4.69, 9.17) is 4.74 Å². The predicted molar refractivity (Wildman–Crippen MR) is 50.5 cm³/mol. The van der Waals surface area contributed by atoms with Gasteiger partial charge in [-0.1, -0.05) is 18.2 Å². The van der Waals surface area contributed by atoms with E-state index in [0.29, 0.717) is 0 Å². The third-order valence-corrected chi connectivity index (χ3v) is 2.41. The van der Waals surface area contributed by atoms with Crippen LogP contribution in [0.2, 0.25) is 0 Å². The molecule has 1 N–H and O–H groups in total. The summed E-state index contributed by atoms with van der Waals surface area (Å²) in [4.78, 5) is 10.4. The van der Waals surface area contributed by atoms with Gasteiger partial charge in [-0.15, -0.1) is 0 Å². The Labute approximate surface area is 80.8 Å². The molecule has 74 valence electrons. The van der Waals surface area contributed by atoms with Crippen LogP contribution in [0.25, 0.3) is 0 Å². The van der Waals surface area contributed by atoms with Gasteiger partial charge in [-0.2, -0.15) is 0 Å². The fourth-order valence-corrected chi connectivity index (χ4v) is 1.62. The molecule has 1 atom stereocenters. The number of methoxy groups -OCH3 is 1. The molecule has 1 aliphatic heterocycles. The molecule has 0 amide bonds. The topological polar surface area (TPSA) is 64.4 Å². The van der Waals surface area contributed by atoms with Gasteiger partial charge in [-0.3, -0.25) is 20.2 Å². The van der Waals surface area contributed by atoms with Crippen LogP contribution in [0, 0.1) is 10.1 Å². The highest BCUT2D eigenvalue weighted by molar-refractivity contribution is 5.56. The van der Waals surface area contributed by atoms with Gasteiger partial charge in [-0.25, -0.2) is 0 Å². The van der Waals surface area contributed by atoms with Gasteiger partial charge in [0, 0.05) is 12.8 Å². The molecule has 0 fully saturated rings. The zero-order valence-corrected chi connectivity index (χ0v) is 7.69. The number of nitro groups is 1. The molecule has 0 spiro atoms. The number of para-hydroxylation sites is 1. The van der Waals surface area contributed by atoms with Crippen molar-refractivity contribution >= 4 is 5.69 Å². The van der Waals surface area contributed by atoms with Crippen molar-refractivity contribution in [3.8, 4) is 0 Å². The first-order valence-corrected chi connectivity index (χ1v) is 4.24. The lowest BCUT2D eigenvalue weighted by Crippen LogP contribution is -2.46. The van der Waals surface area contributed by atoms with E-state index in [2.05, 4.69) is 5.32 Å². The van der Waals surface area contributed by atoms with Crippen molar-refractivity contribution in [2.24, 2.45) is 0 Å². The highest BCUT2D eigenvalue weighted by Gasteiger charge is 2.48. The monoisotopic (exact) mass is 194 g/mol. The van der Waals surface area contributed by atoms with Crippen LogP contribution >= 0.6 is 0 Å². The molecule has 5 nitrogen and oxygen atoms in total. The van der Waals surface area contributed by atoms with Gasteiger partial charge in [0.25, 0.3) is 0 Å². The Morgan fingerprint density at radius 1 is 1.57 bits per heavy atom. The number of fused-ring (bicyclic) bond motifs is 1. The number of anilines is 1. The fraction of sp³-hybridized carbons (Fsp3) is 0.333. The molecule has 14 heavy (non-hydrogen) atoms. The zero-order chi connectivity index (χ0) is 10.2. The second kappa shape index (κ2) is 2.95. The third-order valence-electron chi connectivity index (χ3n) is 2.41. The lowest BCUT2D eigenvalue weighted by atomic mass is 10.1. The first-order chi connectivity index (χ1) is 6.68. The number of benzene rings is 1. The molecule has 0 bridgehead atoms. The number of hydrogen-bond donors (Lipinski definition) is 1. The number of rotatable bonds is 2. The average Bonchev–Trinajstić information content (AvgIpc) is 2.57. The summed E-state index contributed by atoms with van der Waals surface area (Å²) in [6, 6.07) is 7.34. The molecule has 0 aliphatic carbocycles. The van der Waals surface area contributed by atoms with Gasteiger partial charge in [0.15, 0.2) is 0 Å². The molecule has 0 radical (unpaired) electrons. The molecule has 1 aromatic carbocycles. The van der Waals surface area contributed by atoms with Crippen molar-refractivity contribution in [2.75, 3.05) is 12.4 Å². The number of hydrogen-bond acceptors (Lipinski definition) is 4. The zero-order valence-electron chi connectivity index (χ0n) is 7.69. The Hall–Kier alpha value is -1.62. The van der Waals surface area contributed by atoms with Crippen molar-refractivity contribution in [3.63, 3.8) is 0 Å². The van der Waals surface area contributed by atoms with Crippen LogP contribution in [0.15, 0.2) is 24.3 Å². The molecule has 2 rings (SSSR count). The predicted octanol–water partition coefficient (Wildman–Crippen LogP) is 1.23. The van der Waals surface area contributed by atoms with Gasteiger partial charge in [0.05, 0.1) is 11.3 Å². The van der Waals surface area contributed by atoms with Gasteiger partial charge in [-0.05, 0) is 11.6 Å². The smallest absolute Gasteiger partial charge is 0.300 e.